The molecule has 4 aromatic rings. The first-order chi connectivity index (χ1) is 17.0. The van der Waals surface area contributed by atoms with E-state index < -0.39 is 11.9 Å². The molecule has 0 radical (unpaired) electrons. The minimum atomic E-state index is -0.668. The molecule has 0 spiro atoms. The molecular formula is C26H26N4O5. The van der Waals surface area contributed by atoms with Crippen molar-refractivity contribution in [2.75, 3.05) is 20.3 Å². The van der Waals surface area contributed by atoms with Gasteiger partial charge in [0, 0.05) is 26.5 Å². The Morgan fingerprint density at radius 2 is 1.86 bits per heavy atom. The molecular weight excluding hydrogens is 448 g/mol. The predicted molar refractivity (Wildman–Crippen MR) is 130 cm³/mol. The molecule has 0 aliphatic heterocycles. The molecule has 1 amide bonds. The quantitative estimate of drug-likeness (QED) is 0.221. The highest BCUT2D eigenvalue weighted by Gasteiger charge is 2.20. The SMILES string of the molecule is CCOC(=O)c1cc2c(=O)n3ccccc3nc2n(CCCOC)c1=NC(=O)Cc1ccccc1. The number of nitrogens with zero attached hydrogens (tertiary/aromatic N) is 4. The van der Waals surface area contributed by atoms with Crippen LogP contribution in [0.15, 0.2) is 70.6 Å². The lowest BCUT2D eigenvalue weighted by molar-refractivity contribution is -0.117. The summed E-state index contributed by atoms with van der Waals surface area (Å²) in [5.74, 6) is -1.10. The summed E-state index contributed by atoms with van der Waals surface area (Å²) in [5.41, 5.74) is 1.38. The number of rotatable bonds is 8. The Balaban J connectivity index is 2.01. The highest BCUT2D eigenvalue weighted by Crippen LogP contribution is 2.12. The fourth-order valence-corrected chi connectivity index (χ4v) is 3.86. The first kappa shape index (κ1) is 24.0. The molecule has 0 bridgehead atoms. The first-order valence-corrected chi connectivity index (χ1v) is 11.4. The van der Waals surface area contributed by atoms with Crippen LogP contribution in [0.1, 0.15) is 29.3 Å². The molecule has 180 valence electrons. The summed E-state index contributed by atoms with van der Waals surface area (Å²) in [6.45, 7) is 2.58. The molecule has 9 heteroatoms. The zero-order valence-corrected chi connectivity index (χ0v) is 19.6. The van der Waals surface area contributed by atoms with Gasteiger partial charge in [0.1, 0.15) is 16.9 Å². The van der Waals surface area contributed by atoms with Crippen LogP contribution in [0.4, 0.5) is 0 Å². The summed E-state index contributed by atoms with van der Waals surface area (Å²) < 4.78 is 13.5. The highest BCUT2D eigenvalue weighted by atomic mass is 16.5. The van der Waals surface area contributed by atoms with Crippen molar-refractivity contribution >= 4 is 28.6 Å². The Hall–Kier alpha value is -4.11. The fraction of sp³-hybridized carbons (Fsp3) is 0.269. The van der Waals surface area contributed by atoms with E-state index in [-0.39, 0.29) is 35.0 Å². The molecule has 35 heavy (non-hydrogen) atoms. The number of benzene rings is 1. The second-order valence-electron chi connectivity index (χ2n) is 7.85. The Labute approximate surface area is 201 Å². The zero-order valence-electron chi connectivity index (χ0n) is 19.6. The fourth-order valence-electron chi connectivity index (χ4n) is 3.86. The number of carbonyl (C=O) groups excluding carboxylic acids is 2. The first-order valence-electron chi connectivity index (χ1n) is 11.4. The normalized spacial score (nSPS) is 11.8. The molecule has 3 aromatic heterocycles. The van der Waals surface area contributed by atoms with E-state index in [1.165, 1.54) is 10.5 Å². The van der Waals surface area contributed by atoms with Crippen molar-refractivity contribution in [3.05, 3.63) is 87.8 Å². The number of amides is 1. The largest absolute Gasteiger partial charge is 0.462 e. The highest BCUT2D eigenvalue weighted by molar-refractivity contribution is 5.93. The maximum atomic E-state index is 13.3. The van der Waals surface area contributed by atoms with E-state index >= 15 is 0 Å². The molecule has 3 heterocycles. The summed E-state index contributed by atoms with van der Waals surface area (Å²) >= 11 is 0. The van der Waals surface area contributed by atoms with Crippen LogP contribution in [0.5, 0.6) is 0 Å². The van der Waals surface area contributed by atoms with Crippen LogP contribution in [0.3, 0.4) is 0 Å². The van der Waals surface area contributed by atoms with Gasteiger partial charge in [-0.1, -0.05) is 36.4 Å². The van der Waals surface area contributed by atoms with Gasteiger partial charge < -0.3 is 14.0 Å². The van der Waals surface area contributed by atoms with Gasteiger partial charge >= 0.3 is 5.97 Å². The number of fused-ring (bicyclic) bond motifs is 2. The molecule has 0 saturated carbocycles. The van der Waals surface area contributed by atoms with Gasteiger partial charge in [-0.2, -0.15) is 4.99 Å². The zero-order chi connectivity index (χ0) is 24.8. The topological polar surface area (TPSA) is 104 Å². The standard InChI is InChI=1S/C26H26N4O5/c1-3-35-26(33)20-17-19-23(27-21-12-7-8-13-29(21)25(19)32)30(14-9-15-34-2)24(20)28-22(31)16-18-10-5-4-6-11-18/h4-8,10-13,17H,3,9,14-16H2,1-2H3. The molecule has 0 aliphatic rings. The number of esters is 1. The van der Waals surface area contributed by atoms with E-state index in [0.29, 0.717) is 30.9 Å². The van der Waals surface area contributed by atoms with E-state index in [1.807, 2.05) is 30.3 Å². The van der Waals surface area contributed by atoms with E-state index in [1.54, 1.807) is 43.0 Å². The second kappa shape index (κ2) is 10.9. The van der Waals surface area contributed by atoms with E-state index in [0.717, 1.165) is 5.56 Å². The molecule has 1 aromatic carbocycles. The number of hydrogen-bond donors (Lipinski definition) is 0. The van der Waals surface area contributed by atoms with Crippen molar-refractivity contribution < 1.29 is 19.1 Å². The number of aromatic nitrogens is 3. The molecule has 0 saturated heterocycles. The maximum absolute atomic E-state index is 13.3. The van der Waals surface area contributed by atoms with E-state index in [9.17, 15) is 14.4 Å². The lowest BCUT2D eigenvalue weighted by Crippen LogP contribution is -2.33. The third-order valence-corrected chi connectivity index (χ3v) is 5.44. The Kier molecular flexibility index (Phi) is 7.47. The summed E-state index contributed by atoms with van der Waals surface area (Å²) in [6, 6.07) is 15.9. The lowest BCUT2D eigenvalue weighted by atomic mass is 10.1. The van der Waals surface area contributed by atoms with Crippen LogP contribution >= 0.6 is 0 Å². The lowest BCUT2D eigenvalue weighted by Gasteiger charge is -2.15. The minimum absolute atomic E-state index is 0.0351. The molecule has 4 rings (SSSR count). The van der Waals surface area contributed by atoms with Crippen molar-refractivity contribution in [2.45, 2.75) is 26.3 Å². The smallest absolute Gasteiger partial charge is 0.341 e. The number of ether oxygens (including phenoxy) is 2. The van der Waals surface area contributed by atoms with Crippen molar-refractivity contribution in [1.29, 1.82) is 0 Å². The van der Waals surface area contributed by atoms with Gasteiger partial charge in [-0.05, 0) is 37.1 Å². The van der Waals surface area contributed by atoms with Gasteiger partial charge in [0.15, 0.2) is 5.49 Å². The third-order valence-electron chi connectivity index (χ3n) is 5.44. The number of carbonyl (C=O) groups is 2. The van der Waals surface area contributed by atoms with Crippen molar-refractivity contribution in [3.63, 3.8) is 0 Å². The van der Waals surface area contributed by atoms with Gasteiger partial charge in [-0.25, -0.2) is 9.78 Å². The van der Waals surface area contributed by atoms with Crippen molar-refractivity contribution in [3.8, 4) is 0 Å². The Morgan fingerprint density at radius 3 is 2.60 bits per heavy atom. The monoisotopic (exact) mass is 474 g/mol. The average molecular weight is 475 g/mol. The van der Waals surface area contributed by atoms with Gasteiger partial charge in [-0.15, -0.1) is 0 Å². The second-order valence-corrected chi connectivity index (χ2v) is 7.85. The molecule has 0 aliphatic carbocycles. The van der Waals surface area contributed by atoms with Crippen molar-refractivity contribution in [1.82, 2.24) is 14.0 Å². The van der Waals surface area contributed by atoms with Crippen LogP contribution in [0, 0.1) is 0 Å². The van der Waals surface area contributed by atoms with Gasteiger partial charge in [0.25, 0.3) is 11.5 Å². The number of hydrogen-bond acceptors (Lipinski definition) is 6. The minimum Gasteiger partial charge on any atom is -0.462 e. The summed E-state index contributed by atoms with van der Waals surface area (Å²) in [6.07, 6.45) is 2.23. The maximum Gasteiger partial charge on any atom is 0.341 e. The summed E-state index contributed by atoms with van der Waals surface area (Å²) in [5, 5.41) is 0.226. The average Bonchev–Trinajstić information content (AvgIpc) is 2.86. The third kappa shape index (κ3) is 5.20. The van der Waals surface area contributed by atoms with Crippen LogP contribution < -0.4 is 11.0 Å². The number of aryl methyl sites for hydroxylation is 1. The van der Waals surface area contributed by atoms with E-state index in [4.69, 9.17) is 9.47 Å². The Morgan fingerprint density at radius 1 is 1.09 bits per heavy atom. The van der Waals surface area contributed by atoms with Gasteiger partial charge in [0.05, 0.1) is 18.4 Å². The number of methoxy groups -OCH3 is 1. The predicted octanol–water partition coefficient (Wildman–Crippen LogP) is 2.53. The van der Waals surface area contributed by atoms with Crippen LogP contribution in [-0.4, -0.2) is 46.2 Å². The van der Waals surface area contributed by atoms with Gasteiger partial charge in [-0.3, -0.25) is 14.0 Å². The van der Waals surface area contributed by atoms with Gasteiger partial charge in [0.2, 0.25) is 0 Å². The van der Waals surface area contributed by atoms with Crippen LogP contribution in [0.2, 0.25) is 0 Å². The summed E-state index contributed by atoms with van der Waals surface area (Å²) in [4.78, 5) is 48.2. The van der Waals surface area contributed by atoms with Crippen LogP contribution in [-0.2, 0) is 27.2 Å². The molecule has 0 atom stereocenters. The van der Waals surface area contributed by atoms with Crippen molar-refractivity contribution in [2.24, 2.45) is 4.99 Å². The van der Waals surface area contributed by atoms with E-state index in [2.05, 4.69) is 9.98 Å². The Bertz CT molecular complexity index is 1510. The molecule has 0 fully saturated rings. The van der Waals surface area contributed by atoms with Crippen LogP contribution in [0.25, 0.3) is 16.7 Å². The molecule has 0 N–H and O–H groups in total. The molecule has 0 unspecified atom stereocenters. The number of pyridine rings is 2. The summed E-state index contributed by atoms with van der Waals surface area (Å²) in [7, 11) is 1.59. The molecule has 9 nitrogen and oxygen atoms in total.